The van der Waals surface area contributed by atoms with Crippen LogP contribution in [-0.2, 0) is 6.54 Å². The monoisotopic (exact) mass is 304 g/mol. The molecule has 7 nitrogen and oxygen atoms in total. The average molecular weight is 304 g/mol. The van der Waals surface area contributed by atoms with Gasteiger partial charge in [-0.2, -0.15) is 5.10 Å². The number of nitrogens with one attached hydrogen (secondary N) is 1. The summed E-state index contributed by atoms with van der Waals surface area (Å²) in [7, 11) is 1.82. The van der Waals surface area contributed by atoms with E-state index in [-0.39, 0.29) is 6.03 Å². The lowest BCUT2D eigenvalue weighted by Crippen LogP contribution is -2.38. The van der Waals surface area contributed by atoms with Crippen LogP contribution in [0.3, 0.4) is 0 Å². The third-order valence-electron chi connectivity index (χ3n) is 3.66. The molecule has 1 N–H and O–H groups in total. The zero-order valence-electron chi connectivity index (χ0n) is 13.2. The molecule has 0 aliphatic heterocycles. The van der Waals surface area contributed by atoms with E-state index in [1.807, 2.05) is 34.8 Å². The highest BCUT2D eigenvalue weighted by atomic mass is 16.2. The Hall–Kier alpha value is -2.31. The first kappa shape index (κ1) is 16.1. The molecule has 2 aromatic heterocycles. The van der Waals surface area contributed by atoms with Gasteiger partial charge in [0.25, 0.3) is 0 Å². The Morgan fingerprint density at radius 1 is 1.36 bits per heavy atom. The van der Waals surface area contributed by atoms with Crippen molar-refractivity contribution in [3.05, 3.63) is 37.2 Å². The second-order valence-corrected chi connectivity index (χ2v) is 5.42. The van der Waals surface area contributed by atoms with E-state index in [1.54, 1.807) is 23.6 Å². The maximum absolute atomic E-state index is 12.0. The summed E-state index contributed by atoms with van der Waals surface area (Å²) in [6.45, 7) is 4.30. The molecule has 0 bridgehead atoms. The van der Waals surface area contributed by atoms with E-state index in [4.69, 9.17) is 0 Å². The molecule has 2 rings (SSSR count). The molecule has 0 aliphatic carbocycles. The summed E-state index contributed by atoms with van der Waals surface area (Å²) < 4.78 is 3.92. The van der Waals surface area contributed by atoms with Gasteiger partial charge in [-0.1, -0.05) is 0 Å². The van der Waals surface area contributed by atoms with Crippen molar-refractivity contribution in [2.45, 2.75) is 32.4 Å². The number of amides is 2. The third-order valence-corrected chi connectivity index (χ3v) is 3.66. The van der Waals surface area contributed by atoms with Gasteiger partial charge in [0.1, 0.15) is 0 Å². The molecule has 0 aliphatic rings. The molecule has 120 valence electrons. The van der Waals surface area contributed by atoms with Crippen LogP contribution in [0.4, 0.5) is 4.79 Å². The molecule has 1 atom stereocenters. The first-order valence-electron chi connectivity index (χ1n) is 7.60. The number of urea groups is 1. The fraction of sp³-hybridized carbons (Fsp3) is 0.533. The van der Waals surface area contributed by atoms with Crippen LogP contribution in [0.5, 0.6) is 0 Å². The van der Waals surface area contributed by atoms with Crippen molar-refractivity contribution in [3.63, 3.8) is 0 Å². The van der Waals surface area contributed by atoms with Crippen molar-refractivity contribution in [3.8, 4) is 0 Å². The molecule has 0 spiro atoms. The van der Waals surface area contributed by atoms with Crippen molar-refractivity contribution >= 4 is 6.03 Å². The largest absolute Gasteiger partial charge is 0.338 e. The van der Waals surface area contributed by atoms with E-state index in [1.165, 1.54) is 0 Å². The Bertz CT molecular complexity index is 536. The van der Waals surface area contributed by atoms with Crippen molar-refractivity contribution in [2.75, 3.05) is 20.1 Å². The zero-order chi connectivity index (χ0) is 15.8. The highest BCUT2D eigenvalue weighted by molar-refractivity contribution is 5.73. The van der Waals surface area contributed by atoms with Gasteiger partial charge < -0.3 is 14.8 Å². The minimum absolute atomic E-state index is 0.0294. The summed E-state index contributed by atoms with van der Waals surface area (Å²) in [5, 5.41) is 7.09. The Labute approximate surface area is 130 Å². The van der Waals surface area contributed by atoms with Gasteiger partial charge in [-0.3, -0.25) is 4.68 Å². The fourth-order valence-corrected chi connectivity index (χ4v) is 2.21. The molecule has 2 amide bonds. The minimum atomic E-state index is -0.0294. The van der Waals surface area contributed by atoms with Crippen molar-refractivity contribution in [2.24, 2.45) is 0 Å². The Morgan fingerprint density at radius 2 is 2.23 bits per heavy atom. The number of carbonyl (C=O) groups excluding carboxylic acids is 1. The normalized spacial score (nSPS) is 12.1. The molecule has 22 heavy (non-hydrogen) atoms. The molecular weight excluding hydrogens is 280 g/mol. The minimum Gasteiger partial charge on any atom is -0.338 e. The second-order valence-electron chi connectivity index (χ2n) is 5.42. The Balaban J connectivity index is 1.59. The number of rotatable bonds is 8. The van der Waals surface area contributed by atoms with Crippen LogP contribution < -0.4 is 5.32 Å². The maximum Gasteiger partial charge on any atom is 0.317 e. The summed E-state index contributed by atoms with van der Waals surface area (Å²) in [4.78, 5) is 17.7. The predicted octanol–water partition coefficient (Wildman–Crippen LogP) is 1.76. The van der Waals surface area contributed by atoms with Crippen molar-refractivity contribution in [1.29, 1.82) is 0 Å². The number of imidazole rings is 1. The number of nitrogens with zero attached hydrogens (tertiary/aromatic N) is 5. The van der Waals surface area contributed by atoms with Gasteiger partial charge in [0.05, 0.1) is 6.33 Å². The Morgan fingerprint density at radius 3 is 2.91 bits per heavy atom. The number of aromatic nitrogens is 4. The lowest BCUT2D eigenvalue weighted by atomic mass is 10.2. The van der Waals surface area contributed by atoms with E-state index in [0.717, 1.165) is 19.4 Å². The lowest BCUT2D eigenvalue weighted by molar-refractivity contribution is 0.206. The quantitative estimate of drug-likeness (QED) is 0.808. The first-order valence-corrected chi connectivity index (χ1v) is 7.60. The summed E-state index contributed by atoms with van der Waals surface area (Å²) in [5.74, 6) is 0. The standard InChI is InChI=1S/C15H24N6O/c1-14(20-12-8-16-13-20)5-7-17-15(22)19(2)9-4-11-21-10-3-6-18-21/h3,6,8,10,12-14H,4-5,7,9,11H2,1-2H3,(H,17,22)/t14-/m0/s1. The lowest BCUT2D eigenvalue weighted by Gasteiger charge is -2.19. The van der Waals surface area contributed by atoms with Gasteiger partial charge in [-0.25, -0.2) is 9.78 Å². The molecule has 0 unspecified atom stereocenters. The van der Waals surface area contributed by atoms with Crippen molar-refractivity contribution < 1.29 is 4.79 Å². The predicted molar refractivity (Wildman–Crippen MR) is 84.4 cm³/mol. The van der Waals surface area contributed by atoms with Gasteiger partial charge in [-0.05, 0) is 25.8 Å². The van der Waals surface area contributed by atoms with Crippen LogP contribution >= 0.6 is 0 Å². The van der Waals surface area contributed by atoms with Crippen LogP contribution in [0.15, 0.2) is 37.2 Å². The molecular formula is C15H24N6O. The van der Waals surface area contributed by atoms with Gasteiger partial charge in [-0.15, -0.1) is 0 Å². The van der Waals surface area contributed by atoms with Crippen LogP contribution in [0.2, 0.25) is 0 Å². The van der Waals surface area contributed by atoms with E-state index < -0.39 is 0 Å². The van der Waals surface area contributed by atoms with E-state index >= 15 is 0 Å². The van der Waals surface area contributed by atoms with E-state index in [9.17, 15) is 4.79 Å². The molecule has 0 fully saturated rings. The van der Waals surface area contributed by atoms with Gasteiger partial charge >= 0.3 is 6.03 Å². The summed E-state index contributed by atoms with van der Waals surface area (Å²) >= 11 is 0. The summed E-state index contributed by atoms with van der Waals surface area (Å²) in [6, 6.07) is 2.20. The van der Waals surface area contributed by atoms with Crippen LogP contribution in [0, 0.1) is 0 Å². The van der Waals surface area contributed by atoms with E-state index in [0.29, 0.717) is 19.1 Å². The van der Waals surface area contributed by atoms with Crippen LogP contribution in [0.1, 0.15) is 25.8 Å². The third kappa shape index (κ3) is 4.91. The topological polar surface area (TPSA) is 68.0 Å². The number of hydrogen-bond acceptors (Lipinski definition) is 3. The fourth-order valence-electron chi connectivity index (χ4n) is 2.21. The molecule has 0 aromatic carbocycles. The Kier molecular flexibility index (Phi) is 6.00. The van der Waals surface area contributed by atoms with Crippen LogP contribution in [-0.4, -0.2) is 50.4 Å². The smallest absolute Gasteiger partial charge is 0.317 e. The molecule has 2 aromatic rings. The maximum atomic E-state index is 12.0. The van der Waals surface area contributed by atoms with Crippen molar-refractivity contribution in [1.82, 2.24) is 29.5 Å². The number of carbonyl (C=O) groups is 1. The molecule has 7 heteroatoms. The molecule has 2 heterocycles. The molecule has 0 radical (unpaired) electrons. The zero-order valence-corrected chi connectivity index (χ0v) is 13.2. The SMILES string of the molecule is C[C@@H](CCNC(=O)N(C)CCCn1cccn1)n1ccnc1. The highest BCUT2D eigenvalue weighted by Gasteiger charge is 2.09. The molecule has 0 saturated heterocycles. The summed E-state index contributed by atoms with van der Waals surface area (Å²) in [6.07, 6.45) is 11.0. The highest BCUT2D eigenvalue weighted by Crippen LogP contribution is 2.08. The van der Waals surface area contributed by atoms with Crippen LogP contribution in [0.25, 0.3) is 0 Å². The number of aryl methyl sites for hydroxylation is 1. The van der Waals surface area contributed by atoms with Gasteiger partial charge in [0.2, 0.25) is 0 Å². The summed E-state index contributed by atoms with van der Waals surface area (Å²) in [5.41, 5.74) is 0. The van der Waals surface area contributed by atoms with Gasteiger partial charge in [0.15, 0.2) is 0 Å². The average Bonchev–Trinajstić information content (AvgIpc) is 3.20. The second kappa shape index (κ2) is 8.21. The first-order chi connectivity index (χ1) is 10.7. The molecule has 0 saturated carbocycles. The van der Waals surface area contributed by atoms with Gasteiger partial charge in [0, 0.05) is 57.5 Å². The van der Waals surface area contributed by atoms with E-state index in [2.05, 4.69) is 22.3 Å². The number of hydrogen-bond donors (Lipinski definition) is 1.